The Labute approximate surface area is 96.2 Å². The number of nitrogens with zero attached hydrogens (tertiary/aromatic N) is 4. The summed E-state index contributed by atoms with van der Waals surface area (Å²) >= 11 is 0. The van der Waals surface area contributed by atoms with Gasteiger partial charge >= 0.3 is 0 Å². The molecule has 0 unspecified atom stereocenters. The van der Waals surface area contributed by atoms with Gasteiger partial charge in [0.05, 0.1) is 37.2 Å². The van der Waals surface area contributed by atoms with E-state index in [1.165, 1.54) is 44.5 Å². The molecular weight excluding hydrogens is 232 g/mol. The summed E-state index contributed by atoms with van der Waals surface area (Å²) in [6, 6.07) is 0. The van der Waals surface area contributed by atoms with Crippen LogP contribution < -0.4 is 0 Å². The molecule has 4 saturated heterocycles. The minimum absolute atomic E-state index is 0.604. The summed E-state index contributed by atoms with van der Waals surface area (Å²) in [7, 11) is -1.56. The molecule has 0 atom stereocenters. The lowest BCUT2D eigenvalue weighted by atomic mass is 10.3. The molecule has 0 saturated carbocycles. The van der Waals surface area contributed by atoms with Gasteiger partial charge in [-0.15, -0.1) is 0 Å². The maximum atomic E-state index is 9.08. The average Bonchev–Trinajstić information content (AvgIpc) is 1.93. The van der Waals surface area contributed by atoms with Gasteiger partial charge in [0.2, 0.25) is 0 Å². The first-order valence-corrected chi connectivity index (χ1v) is 6.97. The third kappa shape index (κ3) is 3.12. The van der Waals surface area contributed by atoms with E-state index in [0.717, 1.165) is 0 Å². The molecule has 0 aromatic heterocycles. The lowest BCUT2D eigenvalue weighted by molar-refractivity contribution is -0.963. The Kier molecular flexibility index (Phi) is 2.97. The molecule has 4 aliphatic rings. The van der Waals surface area contributed by atoms with Crippen LogP contribution in [0.25, 0.3) is 0 Å². The van der Waals surface area contributed by atoms with Crippen molar-refractivity contribution in [3.63, 3.8) is 0 Å². The van der Waals surface area contributed by atoms with Gasteiger partial charge in [-0.25, -0.2) is 23.1 Å². The molecule has 0 aromatic carbocycles. The SMILES string of the molecule is CS(=O)(=O)[O-].C[N+]12CN3CN(CN(C3)C1)C2. The highest BCUT2D eigenvalue weighted by atomic mass is 32.2. The number of rotatable bonds is 0. The maximum absolute atomic E-state index is 9.08. The minimum Gasteiger partial charge on any atom is -0.748 e. The van der Waals surface area contributed by atoms with Crippen molar-refractivity contribution in [2.75, 3.05) is 53.3 Å². The number of hydrogen-bond acceptors (Lipinski definition) is 6. The molecule has 94 valence electrons. The van der Waals surface area contributed by atoms with Crippen LogP contribution in [-0.4, -0.2) is 85.5 Å². The van der Waals surface area contributed by atoms with E-state index < -0.39 is 10.1 Å². The fraction of sp³-hybridized carbons (Fsp3) is 1.00. The fourth-order valence-corrected chi connectivity index (χ4v) is 2.83. The van der Waals surface area contributed by atoms with Crippen molar-refractivity contribution in [2.24, 2.45) is 0 Å². The van der Waals surface area contributed by atoms with Crippen LogP contribution in [0.3, 0.4) is 0 Å². The first-order chi connectivity index (χ1) is 7.23. The number of quaternary nitrogens is 1. The van der Waals surface area contributed by atoms with Gasteiger partial charge in [0, 0.05) is 6.26 Å². The zero-order valence-corrected chi connectivity index (χ0v) is 10.5. The van der Waals surface area contributed by atoms with Gasteiger partial charge in [-0.05, 0) is 0 Å². The van der Waals surface area contributed by atoms with Gasteiger partial charge in [-0.2, -0.15) is 0 Å². The summed E-state index contributed by atoms with van der Waals surface area (Å²) < 4.78 is 28.4. The van der Waals surface area contributed by atoms with Gasteiger partial charge < -0.3 is 4.55 Å². The van der Waals surface area contributed by atoms with E-state index >= 15 is 0 Å². The Morgan fingerprint density at radius 2 is 1.25 bits per heavy atom. The third-order valence-electron chi connectivity index (χ3n) is 2.82. The predicted molar refractivity (Wildman–Crippen MR) is 56.5 cm³/mol. The fourth-order valence-electron chi connectivity index (χ4n) is 2.83. The van der Waals surface area contributed by atoms with Crippen LogP contribution >= 0.6 is 0 Å². The molecule has 8 heteroatoms. The summed E-state index contributed by atoms with van der Waals surface area (Å²) in [6.07, 6.45) is 0.604. The van der Waals surface area contributed by atoms with Gasteiger partial charge in [0.1, 0.15) is 20.0 Å². The molecule has 0 spiro atoms. The second-order valence-corrected chi connectivity index (χ2v) is 6.59. The van der Waals surface area contributed by atoms with Crippen LogP contribution in [0.15, 0.2) is 0 Å². The van der Waals surface area contributed by atoms with E-state index in [1.54, 1.807) is 0 Å². The minimum atomic E-state index is -3.92. The molecule has 0 aliphatic carbocycles. The Balaban J connectivity index is 0.000000168. The van der Waals surface area contributed by atoms with Crippen molar-refractivity contribution in [3.05, 3.63) is 0 Å². The molecule has 4 heterocycles. The topological polar surface area (TPSA) is 66.9 Å². The van der Waals surface area contributed by atoms with Crippen LogP contribution in [0.1, 0.15) is 0 Å². The first-order valence-electron chi connectivity index (χ1n) is 5.15. The summed E-state index contributed by atoms with van der Waals surface area (Å²) in [6.45, 7) is 7.37. The Morgan fingerprint density at radius 3 is 1.44 bits per heavy atom. The van der Waals surface area contributed by atoms with E-state index in [2.05, 4.69) is 21.7 Å². The van der Waals surface area contributed by atoms with E-state index in [4.69, 9.17) is 13.0 Å². The molecular formula is C8H18N4O3S. The highest BCUT2D eigenvalue weighted by molar-refractivity contribution is 7.84. The van der Waals surface area contributed by atoms with E-state index in [1.807, 2.05) is 0 Å². The third-order valence-corrected chi connectivity index (χ3v) is 2.82. The van der Waals surface area contributed by atoms with Gasteiger partial charge in [0.25, 0.3) is 0 Å². The maximum Gasteiger partial charge on any atom is 0.139 e. The molecule has 0 amide bonds. The van der Waals surface area contributed by atoms with Crippen LogP contribution in [0.2, 0.25) is 0 Å². The van der Waals surface area contributed by atoms with Crippen molar-refractivity contribution in [3.8, 4) is 0 Å². The van der Waals surface area contributed by atoms with Gasteiger partial charge in [-0.1, -0.05) is 0 Å². The summed E-state index contributed by atoms with van der Waals surface area (Å²) in [5.74, 6) is 0. The highest BCUT2D eigenvalue weighted by Gasteiger charge is 2.45. The van der Waals surface area contributed by atoms with Crippen LogP contribution in [-0.2, 0) is 10.1 Å². The molecule has 0 aromatic rings. The lowest BCUT2D eigenvalue weighted by Gasteiger charge is -2.59. The van der Waals surface area contributed by atoms with E-state index in [-0.39, 0.29) is 0 Å². The van der Waals surface area contributed by atoms with Crippen LogP contribution in [0, 0.1) is 0 Å². The van der Waals surface area contributed by atoms with Crippen molar-refractivity contribution in [1.29, 1.82) is 0 Å². The Hall–Kier alpha value is -0.250. The molecule has 4 aliphatic heterocycles. The second-order valence-electron chi connectivity index (χ2n) is 5.18. The van der Waals surface area contributed by atoms with Crippen molar-refractivity contribution >= 4 is 10.1 Å². The summed E-state index contributed by atoms with van der Waals surface area (Å²) in [5, 5.41) is 0. The molecule has 16 heavy (non-hydrogen) atoms. The Morgan fingerprint density at radius 1 is 1.00 bits per heavy atom. The lowest BCUT2D eigenvalue weighted by Crippen LogP contribution is -2.77. The van der Waals surface area contributed by atoms with Crippen molar-refractivity contribution in [1.82, 2.24) is 14.7 Å². The summed E-state index contributed by atoms with van der Waals surface area (Å²) in [4.78, 5) is 7.57. The largest absolute Gasteiger partial charge is 0.748 e. The molecule has 7 nitrogen and oxygen atoms in total. The monoisotopic (exact) mass is 250 g/mol. The smallest absolute Gasteiger partial charge is 0.139 e. The standard InChI is InChI=1S/C7H15N4.CH4O3S/c1-11-5-8-2-9(6-11)4-10(3-8)7-11;1-5(2,3)4/h2-7H2,1H3;1H3,(H,2,3,4)/q+1;/p-1. The molecule has 4 bridgehead atoms. The van der Waals surface area contributed by atoms with Gasteiger partial charge in [0.15, 0.2) is 0 Å². The van der Waals surface area contributed by atoms with Gasteiger partial charge in [-0.3, -0.25) is 4.48 Å². The summed E-state index contributed by atoms with van der Waals surface area (Å²) in [5.41, 5.74) is 0. The predicted octanol–water partition coefficient (Wildman–Crippen LogP) is -1.71. The molecule has 0 radical (unpaired) electrons. The second kappa shape index (κ2) is 3.90. The zero-order valence-electron chi connectivity index (χ0n) is 9.66. The zero-order chi connectivity index (χ0) is 12.0. The molecule has 4 fully saturated rings. The average molecular weight is 250 g/mol. The molecule has 4 rings (SSSR count). The van der Waals surface area contributed by atoms with Crippen LogP contribution in [0.4, 0.5) is 0 Å². The van der Waals surface area contributed by atoms with E-state index in [0.29, 0.717) is 6.26 Å². The normalized spacial score (nSPS) is 45.1. The van der Waals surface area contributed by atoms with Crippen molar-refractivity contribution in [2.45, 2.75) is 0 Å². The number of hydrogen-bond donors (Lipinski definition) is 0. The van der Waals surface area contributed by atoms with Crippen molar-refractivity contribution < 1.29 is 17.5 Å². The Bertz CT molecular complexity index is 326. The molecule has 0 N–H and O–H groups in total. The quantitative estimate of drug-likeness (QED) is 0.376. The van der Waals surface area contributed by atoms with E-state index in [9.17, 15) is 0 Å². The highest BCUT2D eigenvalue weighted by Crippen LogP contribution is 2.25. The first kappa shape index (κ1) is 12.2. The van der Waals surface area contributed by atoms with Crippen LogP contribution in [0.5, 0.6) is 0 Å².